The van der Waals surface area contributed by atoms with E-state index in [0.29, 0.717) is 11.8 Å². The molecule has 0 saturated heterocycles. The van der Waals surface area contributed by atoms with Crippen LogP contribution in [0.1, 0.15) is 35.0 Å². The van der Waals surface area contributed by atoms with Crippen molar-refractivity contribution in [2.45, 2.75) is 18.8 Å². The molecule has 0 atom stereocenters. The smallest absolute Gasteiger partial charge is 0.322 e. The fourth-order valence-corrected chi connectivity index (χ4v) is 1.67. The van der Waals surface area contributed by atoms with Crippen molar-refractivity contribution in [1.82, 2.24) is 10.2 Å². The SMILES string of the molecule is Nc1ccc(F)cc1C(=O)Nc1nnc(C2CC2)o1. The summed E-state index contributed by atoms with van der Waals surface area (Å²) >= 11 is 0. The zero-order chi connectivity index (χ0) is 13.4. The van der Waals surface area contributed by atoms with E-state index >= 15 is 0 Å². The van der Waals surface area contributed by atoms with Crippen LogP contribution in [0.25, 0.3) is 0 Å². The number of hydrogen-bond acceptors (Lipinski definition) is 5. The highest BCUT2D eigenvalue weighted by Gasteiger charge is 2.29. The molecular weight excluding hydrogens is 251 g/mol. The van der Waals surface area contributed by atoms with Gasteiger partial charge in [-0.15, -0.1) is 5.10 Å². The Kier molecular flexibility index (Phi) is 2.66. The van der Waals surface area contributed by atoms with Gasteiger partial charge in [0.2, 0.25) is 5.89 Å². The molecule has 1 saturated carbocycles. The maximum atomic E-state index is 13.1. The first kappa shape index (κ1) is 11.6. The molecule has 7 heteroatoms. The van der Waals surface area contributed by atoms with Crippen molar-refractivity contribution in [2.24, 2.45) is 0 Å². The van der Waals surface area contributed by atoms with Crippen molar-refractivity contribution < 1.29 is 13.6 Å². The van der Waals surface area contributed by atoms with Crippen LogP contribution in [-0.4, -0.2) is 16.1 Å². The summed E-state index contributed by atoms with van der Waals surface area (Å²) in [5.74, 6) is -0.300. The monoisotopic (exact) mass is 262 g/mol. The lowest BCUT2D eigenvalue weighted by molar-refractivity contribution is 0.102. The van der Waals surface area contributed by atoms with Gasteiger partial charge in [0.05, 0.1) is 5.56 Å². The summed E-state index contributed by atoms with van der Waals surface area (Å²) in [5.41, 5.74) is 5.83. The molecule has 1 aromatic heterocycles. The first-order valence-electron chi connectivity index (χ1n) is 5.83. The predicted octanol–water partition coefficient (Wildman–Crippen LogP) is 1.92. The molecule has 0 aliphatic heterocycles. The predicted molar refractivity (Wildman–Crippen MR) is 65.0 cm³/mol. The lowest BCUT2D eigenvalue weighted by Gasteiger charge is -2.04. The van der Waals surface area contributed by atoms with Gasteiger partial charge in [0, 0.05) is 11.6 Å². The second-order valence-electron chi connectivity index (χ2n) is 4.41. The molecule has 2 aromatic rings. The van der Waals surface area contributed by atoms with Crippen LogP contribution in [0.2, 0.25) is 0 Å². The van der Waals surface area contributed by atoms with Crippen LogP contribution in [0.15, 0.2) is 22.6 Å². The summed E-state index contributed by atoms with van der Waals surface area (Å²) in [7, 11) is 0. The van der Waals surface area contributed by atoms with Crippen molar-refractivity contribution in [3.05, 3.63) is 35.5 Å². The van der Waals surface area contributed by atoms with E-state index in [1.165, 1.54) is 12.1 Å². The van der Waals surface area contributed by atoms with E-state index in [4.69, 9.17) is 10.2 Å². The molecule has 3 N–H and O–H groups in total. The molecule has 1 amide bonds. The number of benzene rings is 1. The Morgan fingerprint density at radius 1 is 1.42 bits per heavy atom. The van der Waals surface area contributed by atoms with Gasteiger partial charge in [-0.25, -0.2) is 4.39 Å². The number of aromatic nitrogens is 2. The molecule has 6 nitrogen and oxygen atoms in total. The van der Waals surface area contributed by atoms with Crippen LogP contribution < -0.4 is 11.1 Å². The zero-order valence-electron chi connectivity index (χ0n) is 9.89. The molecule has 1 aliphatic carbocycles. The normalized spacial score (nSPS) is 14.4. The molecule has 1 heterocycles. The highest BCUT2D eigenvalue weighted by molar-refractivity contribution is 6.06. The van der Waals surface area contributed by atoms with Gasteiger partial charge in [0.1, 0.15) is 5.82 Å². The van der Waals surface area contributed by atoms with Crippen LogP contribution in [0, 0.1) is 5.82 Å². The van der Waals surface area contributed by atoms with Gasteiger partial charge < -0.3 is 10.2 Å². The largest absolute Gasteiger partial charge is 0.408 e. The van der Waals surface area contributed by atoms with Gasteiger partial charge in [-0.2, -0.15) is 0 Å². The molecule has 1 fully saturated rings. The molecule has 0 spiro atoms. The highest BCUT2D eigenvalue weighted by Crippen LogP contribution is 2.39. The number of nitrogens with one attached hydrogen (secondary N) is 1. The first-order valence-corrected chi connectivity index (χ1v) is 5.83. The van der Waals surface area contributed by atoms with E-state index in [0.717, 1.165) is 18.9 Å². The maximum absolute atomic E-state index is 13.1. The van der Waals surface area contributed by atoms with Gasteiger partial charge in [-0.3, -0.25) is 10.1 Å². The first-order chi connectivity index (χ1) is 9.13. The average Bonchev–Trinajstić information content (AvgIpc) is 3.13. The van der Waals surface area contributed by atoms with Crippen LogP contribution in [0.4, 0.5) is 16.1 Å². The Labute approximate surface area is 107 Å². The van der Waals surface area contributed by atoms with Crippen LogP contribution in [0.3, 0.4) is 0 Å². The molecule has 0 unspecified atom stereocenters. The van der Waals surface area contributed by atoms with Crippen molar-refractivity contribution in [3.8, 4) is 0 Å². The third kappa shape index (κ3) is 2.40. The molecule has 0 bridgehead atoms. The van der Waals surface area contributed by atoms with E-state index in [9.17, 15) is 9.18 Å². The Morgan fingerprint density at radius 3 is 2.95 bits per heavy atom. The van der Waals surface area contributed by atoms with Gasteiger partial charge in [0.25, 0.3) is 5.91 Å². The Hall–Kier alpha value is -2.44. The van der Waals surface area contributed by atoms with Gasteiger partial charge in [-0.05, 0) is 31.0 Å². The Morgan fingerprint density at radius 2 is 2.21 bits per heavy atom. The van der Waals surface area contributed by atoms with Crippen LogP contribution >= 0.6 is 0 Å². The van der Waals surface area contributed by atoms with Crippen LogP contribution in [-0.2, 0) is 0 Å². The zero-order valence-corrected chi connectivity index (χ0v) is 9.89. The average molecular weight is 262 g/mol. The van der Waals surface area contributed by atoms with Crippen molar-refractivity contribution in [3.63, 3.8) is 0 Å². The Balaban J connectivity index is 1.77. The molecule has 0 radical (unpaired) electrons. The maximum Gasteiger partial charge on any atom is 0.322 e. The third-order valence-electron chi connectivity index (χ3n) is 2.85. The molecule has 98 valence electrons. The van der Waals surface area contributed by atoms with Crippen LogP contribution in [0.5, 0.6) is 0 Å². The summed E-state index contributed by atoms with van der Waals surface area (Å²) in [4.78, 5) is 11.9. The number of nitrogen functional groups attached to an aromatic ring is 1. The fraction of sp³-hybridized carbons (Fsp3) is 0.250. The summed E-state index contributed by atoms with van der Waals surface area (Å²) in [6.45, 7) is 0. The van der Waals surface area contributed by atoms with Crippen molar-refractivity contribution in [1.29, 1.82) is 0 Å². The number of nitrogens with zero attached hydrogens (tertiary/aromatic N) is 2. The molecule has 19 heavy (non-hydrogen) atoms. The summed E-state index contributed by atoms with van der Waals surface area (Å²) in [5, 5.41) is 9.94. The molecular formula is C12H11FN4O2. The third-order valence-corrected chi connectivity index (χ3v) is 2.85. The number of carbonyl (C=O) groups is 1. The van der Waals surface area contributed by atoms with Gasteiger partial charge >= 0.3 is 6.01 Å². The number of amides is 1. The standard InChI is InChI=1S/C12H11FN4O2/c13-7-3-4-9(14)8(5-7)10(18)15-12-17-16-11(19-12)6-1-2-6/h3-6H,1-2,14H2,(H,15,17,18). The quantitative estimate of drug-likeness (QED) is 0.824. The minimum Gasteiger partial charge on any atom is -0.408 e. The van der Waals surface area contributed by atoms with Gasteiger partial charge in [-0.1, -0.05) is 5.10 Å². The van der Waals surface area contributed by atoms with E-state index in [2.05, 4.69) is 15.5 Å². The summed E-state index contributed by atoms with van der Waals surface area (Å²) in [6.07, 6.45) is 2.04. The number of nitrogens with two attached hydrogens (primary N) is 1. The summed E-state index contributed by atoms with van der Waals surface area (Å²) in [6, 6.07) is 3.57. The molecule has 3 rings (SSSR count). The summed E-state index contributed by atoms with van der Waals surface area (Å²) < 4.78 is 18.4. The lowest BCUT2D eigenvalue weighted by Crippen LogP contribution is -2.14. The molecule has 1 aliphatic rings. The van der Waals surface area contributed by atoms with E-state index in [1.54, 1.807) is 0 Å². The number of hydrogen-bond donors (Lipinski definition) is 2. The lowest BCUT2D eigenvalue weighted by atomic mass is 10.1. The number of carbonyl (C=O) groups excluding carboxylic acids is 1. The number of rotatable bonds is 3. The van der Waals surface area contributed by atoms with Gasteiger partial charge in [0.15, 0.2) is 0 Å². The minimum absolute atomic E-state index is 0.00411. The molecule has 1 aromatic carbocycles. The second kappa shape index (κ2) is 4.34. The van der Waals surface area contributed by atoms with Crippen molar-refractivity contribution in [2.75, 3.05) is 11.1 Å². The number of halogens is 1. The van der Waals surface area contributed by atoms with Crippen molar-refractivity contribution >= 4 is 17.6 Å². The minimum atomic E-state index is -0.581. The highest BCUT2D eigenvalue weighted by atomic mass is 19.1. The van der Waals surface area contributed by atoms with E-state index in [1.807, 2.05) is 0 Å². The topological polar surface area (TPSA) is 94.0 Å². The number of anilines is 2. The second-order valence-corrected chi connectivity index (χ2v) is 4.41. The van der Waals surface area contributed by atoms with E-state index in [-0.39, 0.29) is 17.3 Å². The Bertz CT molecular complexity index is 636. The van der Waals surface area contributed by atoms with E-state index < -0.39 is 11.7 Å². The fourth-order valence-electron chi connectivity index (χ4n) is 1.67.